The lowest BCUT2D eigenvalue weighted by Crippen LogP contribution is -2.51. The van der Waals surface area contributed by atoms with Crippen LogP contribution in [0, 0.1) is 0 Å². The molecule has 2 aliphatic rings. The van der Waals surface area contributed by atoms with Crippen LogP contribution in [0.4, 0.5) is 0 Å². The largest absolute Gasteiger partial charge is 0.396 e. The van der Waals surface area contributed by atoms with Gasteiger partial charge in [0.1, 0.15) is 0 Å². The van der Waals surface area contributed by atoms with Crippen LogP contribution >= 0.6 is 0 Å². The minimum absolute atomic E-state index is 0.00751. The van der Waals surface area contributed by atoms with E-state index in [1.165, 1.54) is 12.8 Å². The number of hydrogen-bond acceptors (Lipinski definition) is 4. The maximum atomic E-state index is 12.5. The summed E-state index contributed by atoms with van der Waals surface area (Å²) in [4.78, 5) is 16.8. The Hall–Kier alpha value is -1.43. The second-order valence-electron chi connectivity index (χ2n) is 6.33. The molecule has 0 radical (unpaired) electrons. The molecule has 1 N–H and O–H groups in total. The summed E-state index contributed by atoms with van der Waals surface area (Å²) in [5.74, 6) is 0.0103. The zero-order valence-electron chi connectivity index (χ0n) is 13.6. The minimum atomic E-state index is -0.103. The second-order valence-corrected chi connectivity index (χ2v) is 6.33. The number of carbonyl (C=O) groups is 1. The number of ether oxygens (including phenoxy) is 1. The lowest BCUT2D eigenvalue weighted by molar-refractivity contribution is -0.148. The topological polar surface area (TPSA) is 53.0 Å². The van der Waals surface area contributed by atoms with E-state index >= 15 is 0 Å². The predicted molar refractivity (Wildman–Crippen MR) is 88.0 cm³/mol. The van der Waals surface area contributed by atoms with Crippen molar-refractivity contribution in [2.75, 3.05) is 39.4 Å². The molecule has 0 bridgehead atoms. The molecule has 1 aromatic rings. The lowest BCUT2D eigenvalue weighted by Gasteiger charge is -2.42. The molecule has 0 aromatic heterocycles. The van der Waals surface area contributed by atoms with E-state index in [-0.39, 0.29) is 31.1 Å². The van der Waals surface area contributed by atoms with Crippen molar-refractivity contribution in [1.82, 2.24) is 9.80 Å². The van der Waals surface area contributed by atoms with E-state index in [0.29, 0.717) is 13.2 Å². The summed E-state index contributed by atoms with van der Waals surface area (Å²) in [6.45, 7) is 4.16. The van der Waals surface area contributed by atoms with Crippen molar-refractivity contribution in [1.29, 1.82) is 0 Å². The van der Waals surface area contributed by atoms with E-state index in [4.69, 9.17) is 9.84 Å². The number of aliphatic hydroxyl groups is 1. The molecule has 2 aliphatic heterocycles. The van der Waals surface area contributed by atoms with E-state index in [0.717, 1.165) is 25.2 Å². The Morgan fingerprint density at radius 2 is 1.91 bits per heavy atom. The van der Waals surface area contributed by atoms with Crippen molar-refractivity contribution in [3.63, 3.8) is 0 Å². The highest BCUT2D eigenvalue weighted by Crippen LogP contribution is 2.31. The van der Waals surface area contributed by atoms with Crippen molar-refractivity contribution < 1.29 is 14.6 Å². The van der Waals surface area contributed by atoms with Crippen LogP contribution in [0.1, 0.15) is 30.9 Å². The van der Waals surface area contributed by atoms with Crippen molar-refractivity contribution in [2.24, 2.45) is 0 Å². The van der Waals surface area contributed by atoms with Gasteiger partial charge in [-0.1, -0.05) is 30.3 Å². The van der Waals surface area contributed by atoms with Gasteiger partial charge in [0.15, 0.2) is 0 Å². The van der Waals surface area contributed by atoms with Crippen molar-refractivity contribution in [2.45, 2.75) is 31.4 Å². The summed E-state index contributed by atoms with van der Waals surface area (Å²) in [7, 11) is 0. The first-order valence-electron chi connectivity index (χ1n) is 8.59. The average Bonchev–Trinajstić information content (AvgIpc) is 3.09. The van der Waals surface area contributed by atoms with Crippen LogP contribution in [-0.2, 0) is 9.53 Å². The Kier molecular flexibility index (Phi) is 5.65. The van der Waals surface area contributed by atoms with Crippen molar-refractivity contribution in [3.8, 4) is 0 Å². The SMILES string of the molecule is O=C(CCO)N1CCO[C@@H](CN2CCCC2)[C@@H]1c1ccccc1. The van der Waals surface area contributed by atoms with Crippen LogP contribution in [0.2, 0.25) is 0 Å². The Morgan fingerprint density at radius 3 is 2.61 bits per heavy atom. The second kappa shape index (κ2) is 7.90. The van der Waals surface area contributed by atoms with Crippen LogP contribution < -0.4 is 0 Å². The minimum Gasteiger partial charge on any atom is -0.396 e. The predicted octanol–water partition coefficient (Wildman–Crippen LogP) is 1.43. The number of aliphatic hydroxyl groups excluding tert-OH is 1. The first-order chi connectivity index (χ1) is 11.3. The molecule has 2 fully saturated rings. The molecule has 5 nitrogen and oxygen atoms in total. The highest BCUT2D eigenvalue weighted by atomic mass is 16.5. The van der Waals surface area contributed by atoms with Gasteiger partial charge in [-0.2, -0.15) is 0 Å². The van der Waals surface area contributed by atoms with Crippen LogP contribution in [0.3, 0.4) is 0 Å². The van der Waals surface area contributed by atoms with E-state index in [2.05, 4.69) is 17.0 Å². The highest BCUT2D eigenvalue weighted by molar-refractivity contribution is 5.77. The highest BCUT2D eigenvalue weighted by Gasteiger charge is 2.37. The maximum absolute atomic E-state index is 12.5. The third-order valence-corrected chi connectivity index (χ3v) is 4.78. The standard InChI is InChI=1S/C18H26N2O3/c21-12-8-17(22)20-11-13-23-16(14-19-9-4-5-10-19)18(20)15-6-2-1-3-7-15/h1-3,6-7,16,18,21H,4-5,8-14H2/t16-,18-/m0/s1. The molecule has 2 heterocycles. The van der Waals surface area contributed by atoms with Crippen LogP contribution in [0.25, 0.3) is 0 Å². The van der Waals surface area contributed by atoms with Gasteiger partial charge >= 0.3 is 0 Å². The number of carbonyl (C=O) groups excluding carboxylic acids is 1. The van der Waals surface area contributed by atoms with Gasteiger partial charge in [0, 0.05) is 19.5 Å². The molecular weight excluding hydrogens is 292 g/mol. The molecule has 3 rings (SSSR count). The Morgan fingerprint density at radius 1 is 1.17 bits per heavy atom. The first kappa shape index (κ1) is 16.4. The van der Waals surface area contributed by atoms with Gasteiger partial charge < -0.3 is 19.6 Å². The fraction of sp³-hybridized carbons (Fsp3) is 0.611. The Bertz CT molecular complexity index is 502. The maximum Gasteiger partial charge on any atom is 0.225 e. The van der Waals surface area contributed by atoms with Gasteiger partial charge in [-0.3, -0.25) is 4.79 Å². The molecule has 1 amide bonds. The third kappa shape index (κ3) is 3.91. The number of benzene rings is 1. The van der Waals surface area contributed by atoms with Gasteiger partial charge in [0.25, 0.3) is 0 Å². The molecule has 2 atom stereocenters. The average molecular weight is 318 g/mol. The fourth-order valence-corrected chi connectivity index (χ4v) is 3.67. The molecule has 0 unspecified atom stereocenters. The monoisotopic (exact) mass is 318 g/mol. The summed E-state index contributed by atoms with van der Waals surface area (Å²) in [6, 6.07) is 10.1. The smallest absolute Gasteiger partial charge is 0.225 e. The molecule has 0 saturated carbocycles. The van der Waals surface area contributed by atoms with Gasteiger partial charge in [-0.15, -0.1) is 0 Å². The summed E-state index contributed by atoms with van der Waals surface area (Å²) < 4.78 is 6.07. The number of hydrogen-bond donors (Lipinski definition) is 1. The lowest BCUT2D eigenvalue weighted by atomic mass is 9.97. The van der Waals surface area contributed by atoms with Gasteiger partial charge in [0.2, 0.25) is 5.91 Å². The molecule has 126 valence electrons. The normalized spacial score (nSPS) is 25.7. The molecule has 1 aromatic carbocycles. The zero-order chi connectivity index (χ0) is 16.1. The number of morpholine rings is 1. The van der Waals surface area contributed by atoms with Crippen molar-refractivity contribution >= 4 is 5.91 Å². The number of amides is 1. The third-order valence-electron chi connectivity index (χ3n) is 4.78. The van der Waals surface area contributed by atoms with Gasteiger partial charge in [-0.05, 0) is 31.5 Å². The van der Waals surface area contributed by atoms with E-state index in [9.17, 15) is 4.79 Å². The van der Waals surface area contributed by atoms with Crippen molar-refractivity contribution in [3.05, 3.63) is 35.9 Å². The Labute approximate surface area is 137 Å². The van der Waals surface area contributed by atoms with E-state index in [1.54, 1.807) is 0 Å². The van der Waals surface area contributed by atoms with E-state index < -0.39 is 0 Å². The van der Waals surface area contributed by atoms with E-state index in [1.807, 2.05) is 23.1 Å². The summed E-state index contributed by atoms with van der Waals surface area (Å²) >= 11 is 0. The number of nitrogens with zero attached hydrogens (tertiary/aromatic N) is 2. The van der Waals surface area contributed by atoms with Crippen LogP contribution in [0.5, 0.6) is 0 Å². The quantitative estimate of drug-likeness (QED) is 0.892. The molecular formula is C18H26N2O3. The molecule has 2 saturated heterocycles. The van der Waals surface area contributed by atoms with Crippen LogP contribution in [0.15, 0.2) is 30.3 Å². The molecule has 5 heteroatoms. The molecule has 0 aliphatic carbocycles. The van der Waals surface area contributed by atoms with Gasteiger partial charge in [-0.25, -0.2) is 0 Å². The first-order valence-corrected chi connectivity index (χ1v) is 8.59. The fourth-order valence-electron chi connectivity index (χ4n) is 3.67. The number of rotatable bonds is 5. The number of likely N-dealkylation sites (tertiary alicyclic amines) is 1. The van der Waals surface area contributed by atoms with Gasteiger partial charge in [0.05, 0.1) is 25.4 Å². The molecule has 0 spiro atoms. The summed E-state index contributed by atoms with van der Waals surface area (Å²) in [5.41, 5.74) is 1.11. The summed E-state index contributed by atoms with van der Waals surface area (Å²) in [5, 5.41) is 9.13. The molecule has 23 heavy (non-hydrogen) atoms. The van der Waals surface area contributed by atoms with Crippen LogP contribution in [-0.4, -0.2) is 66.3 Å². The summed E-state index contributed by atoms with van der Waals surface area (Å²) in [6.07, 6.45) is 2.66. The Balaban J connectivity index is 1.82. The zero-order valence-corrected chi connectivity index (χ0v) is 13.6.